The molecule has 10 heteroatoms. The molecule has 0 radical (unpaired) electrons. The number of hydrogen-bond acceptors (Lipinski definition) is 10. The van der Waals surface area contributed by atoms with Gasteiger partial charge in [-0.25, -0.2) is 0 Å². The number of nitrogens with zero attached hydrogens (tertiary/aromatic N) is 2. The first-order valence-electron chi connectivity index (χ1n) is 21.9. The molecule has 326 valence electrons. The first-order chi connectivity index (χ1) is 28.3. The van der Waals surface area contributed by atoms with Crippen molar-refractivity contribution < 1.29 is 38.0 Å². The van der Waals surface area contributed by atoms with Crippen molar-refractivity contribution in [1.82, 2.24) is 9.80 Å². The van der Waals surface area contributed by atoms with Gasteiger partial charge in [0.1, 0.15) is 29.3 Å². The number of esters is 2. The lowest BCUT2D eigenvalue weighted by atomic mass is 10.1. The highest BCUT2D eigenvalue weighted by atomic mass is 16.6. The zero-order chi connectivity index (χ0) is 42.5. The van der Waals surface area contributed by atoms with Crippen LogP contribution >= 0.6 is 0 Å². The molecule has 2 atom stereocenters. The summed E-state index contributed by atoms with van der Waals surface area (Å²) in [5.41, 5.74) is 2.50. The lowest BCUT2D eigenvalue weighted by Gasteiger charge is -2.33. The summed E-state index contributed by atoms with van der Waals surface area (Å²) in [6.07, 6.45) is 8.36. The molecule has 2 heterocycles. The first kappa shape index (κ1) is 47.7. The summed E-state index contributed by atoms with van der Waals surface area (Å²) in [6.45, 7) is 20.8. The van der Waals surface area contributed by atoms with E-state index in [9.17, 15) is 9.59 Å². The number of hydrogen-bond donors (Lipinski definition) is 0. The van der Waals surface area contributed by atoms with E-state index in [1.807, 2.05) is 90.1 Å². The van der Waals surface area contributed by atoms with E-state index in [0.29, 0.717) is 45.8 Å². The van der Waals surface area contributed by atoms with Gasteiger partial charge in [0, 0.05) is 39.3 Å². The Hall–Kier alpha value is -3.96. The van der Waals surface area contributed by atoms with Crippen LogP contribution in [0.4, 0.5) is 0 Å². The molecule has 2 unspecified atom stereocenters. The van der Waals surface area contributed by atoms with E-state index < -0.39 is 11.2 Å². The Morgan fingerprint density at radius 1 is 0.627 bits per heavy atom. The van der Waals surface area contributed by atoms with Crippen LogP contribution in [0.1, 0.15) is 129 Å². The van der Waals surface area contributed by atoms with Crippen LogP contribution in [0.2, 0.25) is 0 Å². The van der Waals surface area contributed by atoms with Crippen molar-refractivity contribution in [2.75, 3.05) is 59.1 Å². The molecule has 0 amide bonds. The van der Waals surface area contributed by atoms with Gasteiger partial charge < -0.3 is 28.4 Å². The maximum atomic E-state index is 12.0. The lowest BCUT2D eigenvalue weighted by Crippen LogP contribution is -2.40. The molecule has 0 bridgehead atoms. The molecule has 0 aliphatic carbocycles. The van der Waals surface area contributed by atoms with E-state index >= 15 is 0 Å². The van der Waals surface area contributed by atoms with E-state index in [2.05, 4.69) is 47.1 Å². The number of benzene rings is 3. The van der Waals surface area contributed by atoms with Crippen LogP contribution in [-0.2, 0) is 35.1 Å². The predicted octanol–water partition coefficient (Wildman–Crippen LogP) is 9.90. The van der Waals surface area contributed by atoms with Crippen LogP contribution in [0.3, 0.4) is 0 Å². The Labute approximate surface area is 354 Å². The van der Waals surface area contributed by atoms with Crippen molar-refractivity contribution in [2.45, 2.75) is 130 Å². The Kier molecular flexibility index (Phi) is 20.2. The van der Waals surface area contributed by atoms with Gasteiger partial charge in [-0.05, 0) is 88.9 Å². The fourth-order valence-electron chi connectivity index (χ4n) is 6.92. The van der Waals surface area contributed by atoms with Crippen LogP contribution in [0.5, 0.6) is 11.5 Å². The molecule has 10 nitrogen and oxygen atoms in total. The molecule has 59 heavy (non-hydrogen) atoms. The molecule has 2 saturated heterocycles. The monoisotopic (exact) mass is 817 g/mol. The Morgan fingerprint density at radius 2 is 1.12 bits per heavy atom. The van der Waals surface area contributed by atoms with Gasteiger partial charge in [0.05, 0.1) is 44.9 Å². The largest absolute Gasteiger partial charge is 0.494 e. The van der Waals surface area contributed by atoms with Gasteiger partial charge in [0.25, 0.3) is 0 Å². The van der Waals surface area contributed by atoms with E-state index in [-0.39, 0.29) is 24.1 Å². The van der Waals surface area contributed by atoms with Crippen molar-refractivity contribution in [2.24, 2.45) is 0 Å². The van der Waals surface area contributed by atoms with Crippen molar-refractivity contribution >= 4 is 11.9 Å². The number of unbranched alkanes of at least 4 members (excludes halogenated alkanes) is 5. The second-order valence-electron chi connectivity index (χ2n) is 17.5. The number of morpholine rings is 2. The molecule has 2 fully saturated rings. The van der Waals surface area contributed by atoms with Gasteiger partial charge in [0.15, 0.2) is 0 Å². The highest BCUT2D eigenvalue weighted by Crippen LogP contribution is 2.28. The summed E-state index contributed by atoms with van der Waals surface area (Å²) in [5.74, 6) is 1.45. The van der Waals surface area contributed by atoms with Crippen molar-refractivity contribution in [1.29, 1.82) is 0 Å². The van der Waals surface area contributed by atoms with Gasteiger partial charge in [-0.3, -0.25) is 19.4 Å². The van der Waals surface area contributed by atoms with E-state index in [1.165, 1.54) is 32.1 Å². The van der Waals surface area contributed by atoms with Crippen LogP contribution in [0, 0.1) is 0 Å². The normalized spacial score (nSPS) is 17.7. The third kappa shape index (κ3) is 19.8. The predicted molar refractivity (Wildman–Crippen MR) is 234 cm³/mol. The molecular formula is C49H72N2O8. The SMILES string of the molecule is CC(C)(C)OC(=O)CCN1CCOC(c2cccc(OCc3ccccc3)c2)C1.CCCCCCCCOc1cccc(C2CN(CCC(=O)OC(C)(C)C)CCO2)c1. The minimum Gasteiger partial charge on any atom is -0.494 e. The summed E-state index contributed by atoms with van der Waals surface area (Å²) >= 11 is 0. The molecule has 2 aliphatic heterocycles. The average molecular weight is 817 g/mol. The second kappa shape index (κ2) is 25.0. The maximum absolute atomic E-state index is 12.0. The highest BCUT2D eigenvalue weighted by Gasteiger charge is 2.25. The van der Waals surface area contributed by atoms with E-state index in [0.717, 1.165) is 67.4 Å². The van der Waals surface area contributed by atoms with Crippen LogP contribution < -0.4 is 9.47 Å². The topological polar surface area (TPSA) is 96.0 Å². The highest BCUT2D eigenvalue weighted by molar-refractivity contribution is 5.70. The lowest BCUT2D eigenvalue weighted by molar-refractivity contribution is -0.156. The van der Waals surface area contributed by atoms with Gasteiger partial charge in [-0.2, -0.15) is 0 Å². The molecular weight excluding hydrogens is 745 g/mol. The van der Waals surface area contributed by atoms with Crippen molar-refractivity contribution in [3.8, 4) is 11.5 Å². The Balaban J connectivity index is 0.000000261. The molecule has 3 aromatic carbocycles. The smallest absolute Gasteiger partial charge is 0.307 e. The molecule has 0 aromatic heterocycles. The minimum atomic E-state index is -0.440. The third-order valence-corrected chi connectivity index (χ3v) is 9.88. The summed E-state index contributed by atoms with van der Waals surface area (Å²) in [7, 11) is 0. The molecule has 3 aromatic rings. The standard InChI is InChI=1S/C25H41NO4.C24H31NO4/c1-5-6-7-8-9-10-17-28-22-13-11-12-21(19-22)23-20-26(16-18-29-23)15-14-24(27)30-25(2,3)4;1-24(2,3)29-23(26)12-13-25-14-15-27-22(17-25)20-10-7-11-21(16-20)28-18-19-8-5-4-6-9-19/h11-13,19,23H,5-10,14-18,20H2,1-4H3;4-11,16,22H,12-15,17-18H2,1-3H3. The zero-order valence-corrected chi connectivity index (χ0v) is 37.0. The summed E-state index contributed by atoms with van der Waals surface area (Å²) in [4.78, 5) is 28.5. The number of carbonyl (C=O) groups excluding carboxylic acids is 2. The quantitative estimate of drug-likeness (QED) is 0.0860. The minimum absolute atomic E-state index is 0.00924. The fourth-order valence-corrected chi connectivity index (χ4v) is 6.92. The van der Waals surface area contributed by atoms with Gasteiger partial charge in [0.2, 0.25) is 0 Å². The summed E-state index contributed by atoms with van der Waals surface area (Å²) in [5, 5.41) is 0. The van der Waals surface area contributed by atoms with E-state index in [1.54, 1.807) is 0 Å². The Morgan fingerprint density at radius 3 is 1.63 bits per heavy atom. The third-order valence-electron chi connectivity index (χ3n) is 9.88. The van der Waals surface area contributed by atoms with Crippen LogP contribution in [0.15, 0.2) is 78.9 Å². The molecule has 0 saturated carbocycles. The summed E-state index contributed by atoms with van der Waals surface area (Å²) in [6, 6.07) is 26.5. The van der Waals surface area contributed by atoms with Crippen LogP contribution in [-0.4, -0.2) is 92.0 Å². The van der Waals surface area contributed by atoms with Gasteiger partial charge in [-0.15, -0.1) is 0 Å². The Bertz CT molecular complexity index is 1650. The second-order valence-corrected chi connectivity index (χ2v) is 17.5. The maximum Gasteiger partial charge on any atom is 0.307 e. The summed E-state index contributed by atoms with van der Waals surface area (Å²) < 4.78 is 34.7. The molecule has 2 aliphatic rings. The van der Waals surface area contributed by atoms with Gasteiger partial charge >= 0.3 is 11.9 Å². The number of rotatable bonds is 19. The molecule has 0 N–H and O–H groups in total. The molecule has 0 spiro atoms. The van der Waals surface area contributed by atoms with Crippen molar-refractivity contribution in [3.05, 3.63) is 95.6 Å². The average Bonchev–Trinajstić information content (AvgIpc) is 3.21. The fraction of sp³-hybridized carbons (Fsp3) is 0.592. The number of ether oxygens (including phenoxy) is 6. The van der Waals surface area contributed by atoms with Crippen LogP contribution in [0.25, 0.3) is 0 Å². The molecule has 5 rings (SSSR count). The first-order valence-corrected chi connectivity index (χ1v) is 21.9. The zero-order valence-electron chi connectivity index (χ0n) is 37.0. The van der Waals surface area contributed by atoms with Gasteiger partial charge in [-0.1, -0.05) is 93.6 Å². The number of carbonyl (C=O) groups is 2. The van der Waals surface area contributed by atoms with Crippen molar-refractivity contribution in [3.63, 3.8) is 0 Å². The van der Waals surface area contributed by atoms with E-state index in [4.69, 9.17) is 28.4 Å².